The number of aromatic nitrogens is 4. The van der Waals surface area contributed by atoms with Gasteiger partial charge in [0.15, 0.2) is 0 Å². The van der Waals surface area contributed by atoms with Gasteiger partial charge in [0, 0.05) is 58.6 Å². The molecule has 8 heteroatoms. The molecule has 3 heterocycles. The minimum absolute atomic E-state index is 0.147. The lowest BCUT2D eigenvalue weighted by atomic mass is 10.1. The summed E-state index contributed by atoms with van der Waals surface area (Å²) in [5.74, 6) is -0.0787. The number of amides is 1. The zero-order chi connectivity index (χ0) is 22.1. The highest BCUT2D eigenvalue weighted by atomic mass is 19.1. The van der Waals surface area contributed by atoms with Crippen molar-refractivity contribution >= 4 is 33.4 Å². The Bertz CT molecular complexity index is 1420. The molecule has 2 aromatic carbocycles. The third-order valence-electron chi connectivity index (χ3n) is 5.39. The first-order chi connectivity index (χ1) is 15.6. The van der Waals surface area contributed by atoms with Gasteiger partial charge in [-0.1, -0.05) is 23.4 Å². The number of halogens is 1. The molecule has 0 spiro atoms. The second-order valence-corrected chi connectivity index (χ2v) is 7.42. The first-order valence-corrected chi connectivity index (χ1v) is 10.4. The van der Waals surface area contributed by atoms with Gasteiger partial charge < -0.3 is 14.4 Å². The van der Waals surface area contributed by atoms with Crippen molar-refractivity contribution in [1.82, 2.24) is 19.7 Å². The maximum absolute atomic E-state index is 13.0. The minimum Gasteiger partial charge on any atom is -0.341 e. The highest BCUT2D eigenvalue weighted by Gasteiger charge is 2.13. The Morgan fingerprint density at radius 3 is 2.75 bits per heavy atom. The van der Waals surface area contributed by atoms with E-state index in [1.165, 1.54) is 23.8 Å². The SMILES string of the molecule is CCn1c2ccccc2c2cc(NC(=O)CCc3nc(-c4ccc(F)nc4)no3)ccc21. The summed E-state index contributed by atoms with van der Waals surface area (Å²) in [5, 5.41) is 9.09. The van der Waals surface area contributed by atoms with E-state index in [2.05, 4.69) is 44.1 Å². The molecule has 0 radical (unpaired) electrons. The standard InChI is InChI=1S/C24H20FN5O2/c1-2-30-19-6-4-3-5-17(19)18-13-16(8-9-20(18)30)27-22(31)11-12-23-28-24(29-32-23)15-7-10-21(25)26-14-15/h3-10,13-14H,2,11-12H2,1H3,(H,27,31). The van der Waals surface area contributed by atoms with Gasteiger partial charge in [-0.3, -0.25) is 4.79 Å². The topological polar surface area (TPSA) is 85.8 Å². The zero-order valence-corrected chi connectivity index (χ0v) is 17.4. The van der Waals surface area contributed by atoms with Gasteiger partial charge in [0.1, 0.15) is 0 Å². The molecule has 5 aromatic rings. The number of hydrogen-bond donors (Lipinski definition) is 1. The van der Waals surface area contributed by atoms with Crippen molar-refractivity contribution in [2.24, 2.45) is 0 Å². The van der Waals surface area contributed by atoms with E-state index in [0.29, 0.717) is 23.7 Å². The van der Waals surface area contributed by atoms with Crippen molar-refractivity contribution < 1.29 is 13.7 Å². The van der Waals surface area contributed by atoms with Gasteiger partial charge >= 0.3 is 0 Å². The van der Waals surface area contributed by atoms with Crippen LogP contribution in [0.25, 0.3) is 33.2 Å². The number of nitrogens with zero attached hydrogens (tertiary/aromatic N) is 4. The molecule has 0 fully saturated rings. The molecule has 32 heavy (non-hydrogen) atoms. The van der Waals surface area contributed by atoms with Crippen LogP contribution in [0.5, 0.6) is 0 Å². The van der Waals surface area contributed by atoms with E-state index in [-0.39, 0.29) is 12.3 Å². The Morgan fingerprint density at radius 2 is 1.94 bits per heavy atom. The Balaban J connectivity index is 1.28. The highest BCUT2D eigenvalue weighted by Crippen LogP contribution is 2.31. The number of anilines is 1. The van der Waals surface area contributed by atoms with Gasteiger partial charge in [-0.25, -0.2) is 4.98 Å². The van der Waals surface area contributed by atoms with E-state index in [4.69, 9.17) is 4.52 Å². The number of nitrogens with one attached hydrogen (secondary N) is 1. The Labute approximate surface area is 182 Å². The molecule has 0 aliphatic heterocycles. The largest absolute Gasteiger partial charge is 0.341 e. The van der Waals surface area contributed by atoms with Crippen LogP contribution in [0.3, 0.4) is 0 Å². The number of fused-ring (bicyclic) bond motifs is 3. The third-order valence-corrected chi connectivity index (χ3v) is 5.39. The molecule has 3 aromatic heterocycles. The zero-order valence-electron chi connectivity index (χ0n) is 17.4. The van der Waals surface area contributed by atoms with Crippen molar-refractivity contribution in [2.75, 3.05) is 5.32 Å². The van der Waals surface area contributed by atoms with Crippen LogP contribution >= 0.6 is 0 Å². The molecule has 160 valence electrons. The molecule has 0 bridgehead atoms. The molecule has 0 saturated heterocycles. The summed E-state index contributed by atoms with van der Waals surface area (Å²) in [6, 6.07) is 17.0. The monoisotopic (exact) mass is 429 g/mol. The average Bonchev–Trinajstić information content (AvgIpc) is 3.41. The van der Waals surface area contributed by atoms with Crippen LogP contribution in [0.4, 0.5) is 10.1 Å². The van der Waals surface area contributed by atoms with E-state index in [1.807, 2.05) is 30.3 Å². The molecule has 0 aliphatic rings. The average molecular weight is 429 g/mol. The number of carbonyl (C=O) groups is 1. The van der Waals surface area contributed by atoms with Crippen molar-refractivity contribution in [3.63, 3.8) is 0 Å². The van der Waals surface area contributed by atoms with E-state index in [1.54, 1.807) is 0 Å². The Hall–Kier alpha value is -4.07. The fourth-order valence-electron chi connectivity index (χ4n) is 3.90. The first-order valence-electron chi connectivity index (χ1n) is 10.4. The fourth-order valence-corrected chi connectivity index (χ4v) is 3.90. The predicted molar refractivity (Wildman–Crippen MR) is 120 cm³/mol. The van der Waals surface area contributed by atoms with Crippen molar-refractivity contribution in [3.8, 4) is 11.4 Å². The third kappa shape index (κ3) is 3.71. The van der Waals surface area contributed by atoms with Crippen LogP contribution in [-0.4, -0.2) is 25.6 Å². The van der Waals surface area contributed by atoms with E-state index in [9.17, 15) is 9.18 Å². The fraction of sp³-hybridized carbons (Fsp3) is 0.167. The number of rotatable bonds is 6. The van der Waals surface area contributed by atoms with Crippen LogP contribution in [0.1, 0.15) is 19.2 Å². The van der Waals surface area contributed by atoms with Gasteiger partial charge in [-0.2, -0.15) is 9.37 Å². The Kier molecular flexibility index (Phi) is 5.10. The molecule has 1 N–H and O–H groups in total. The van der Waals surface area contributed by atoms with Crippen LogP contribution < -0.4 is 5.32 Å². The molecule has 0 unspecified atom stereocenters. The second-order valence-electron chi connectivity index (χ2n) is 7.42. The number of hydrogen-bond acceptors (Lipinski definition) is 5. The number of benzene rings is 2. The maximum atomic E-state index is 13.0. The normalized spacial score (nSPS) is 11.3. The van der Waals surface area contributed by atoms with Gasteiger partial charge in [-0.15, -0.1) is 0 Å². The second kappa shape index (κ2) is 8.22. The number of pyridine rings is 1. The molecule has 1 amide bonds. The van der Waals surface area contributed by atoms with Crippen molar-refractivity contribution in [2.45, 2.75) is 26.3 Å². The van der Waals surface area contributed by atoms with Crippen molar-refractivity contribution in [3.05, 3.63) is 72.6 Å². The summed E-state index contributed by atoms with van der Waals surface area (Å²) in [4.78, 5) is 20.3. The minimum atomic E-state index is -0.577. The van der Waals surface area contributed by atoms with E-state index >= 15 is 0 Å². The van der Waals surface area contributed by atoms with E-state index < -0.39 is 5.95 Å². The van der Waals surface area contributed by atoms with Crippen LogP contribution in [0, 0.1) is 5.95 Å². The molecular formula is C24H20FN5O2. The highest BCUT2D eigenvalue weighted by molar-refractivity contribution is 6.09. The maximum Gasteiger partial charge on any atom is 0.227 e. The van der Waals surface area contributed by atoms with Gasteiger partial charge in [0.25, 0.3) is 0 Å². The van der Waals surface area contributed by atoms with Crippen molar-refractivity contribution in [1.29, 1.82) is 0 Å². The summed E-state index contributed by atoms with van der Waals surface area (Å²) in [5.41, 5.74) is 3.60. The lowest BCUT2D eigenvalue weighted by Crippen LogP contribution is -2.12. The predicted octanol–water partition coefficient (Wildman–Crippen LogP) is 4.97. The number of carbonyl (C=O) groups excluding carboxylic acids is 1. The lowest BCUT2D eigenvalue weighted by molar-refractivity contribution is -0.116. The Morgan fingerprint density at radius 1 is 1.09 bits per heavy atom. The molecule has 0 atom stereocenters. The van der Waals surface area contributed by atoms with E-state index in [0.717, 1.165) is 28.5 Å². The summed E-state index contributed by atoms with van der Waals surface area (Å²) in [6.45, 7) is 2.99. The van der Waals surface area contributed by atoms with Crippen LogP contribution in [0.2, 0.25) is 0 Å². The number of para-hydroxylation sites is 1. The molecule has 7 nitrogen and oxygen atoms in total. The molecule has 5 rings (SSSR count). The molecule has 0 aliphatic carbocycles. The summed E-state index contributed by atoms with van der Waals surface area (Å²) in [7, 11) is 0. The first kappa shape index (κ1) is 19.9. The number of aryl methyl sites for hydroxylation is 2. The summed E-state index contributed by atoms with van der Waals surface area (Å²) >= 11 is 0. The van der Waals surface area contributed by atoms with Gasteiger partial charge in [0.2, 0.25) is 23.6 Å². The van der Waals surface area contributed by atoms with Gasteiger partial charge in [0.05, 0.1) is 0 Å². The summed E-state index contributed by atoms with van der Waals surface area (Å²) in [6.07, 6.45) is 1.82. The van der Waals surface area contributed by atoms with Gasteiger partial charge in [-0.05, 0) is 43.3 Å². The quantitative estimate of drug-likeness (QED) is 0.385. The molecular weight excluding hydrogens is 409 g/mol. The smallest absolute Gasteiger partial charge is 0.227 e. The molecule has 0 saturated carbocycles. The lowest BCUT2D eigenvalue weighted by Gasteiger charge is -2.06. The van der Waals surface area contributed by atoms with Crippen LogP contribution in [-0.2, 0) is 17.8 Å². The summed E-state index contributed by atoms with van der Waals surface area (Å²) < 4.78 is 20.4. The van der Waals surface area contributed by atoms with Crippen LogP contribution in [0.15, 0.2) is 65.3 Å².